The van der Waals surface area contributed by atoms with E-state index in [9.17, 15) is 25.2 Å². The Labute approximate surface area is 239 Å². The van der Waals surface area contributed by atoms with Crippen molar-refractivity contribution in [1.82, 2.24) is 15.3 Å². The number of nitrogens with zero attached hydrogens (tertiary/aromatic N) is 2. The molecule has 0 saturated heterocycles. The largest absolute Gasteiger partial charge is 0.491 e. The molecule has 10 nitrogen and oxygen atoms in total. The molecule has 5 N–H and O–H groups in total. The Kier molecular flexibility index (Phi) is 13.8. The molecule has 0 aliphatic heterocycles. The van der Waals surface area contributed by atoms with E-state index in [0.29, 0.717) is 63.7 Å². The SMILES string of the molecule is Cc1ncnc2c(OCCC(O)CCC(O)CCC(O)CCC(O)CCNC(=O)OC(C)(C)C)cc(Br)cc12. The second kappa shape index (κ2) is 16.3. The third-order valence-corrected chi connectivity index (χ3v) is 6.68. The van der Waals surface area contributed by atoms with Gasteiger partial charge in [-0.2, -0.15) is 0 Å². The summed E-state index contributed by atoms with van der Waals surface area (Å²) in [6, 6.07) is 3.79. The molecule has 2 aromatic rings. The van der Waals surface area contributed by atoms with Gasteiger partial charge in [0.15, 0.2) is 0 Å². The maximum Gasteiger partial charge on any atom is 0.407 e. The van der Waals surface area contributed by atoms with Crippen LogP contribution in [0, 0.1) is 6.92 Å². The molecule has 2 rings (SSSR count). The molecule has 1 aromatic carbocycles. The number of aliphatic hydroxyl groups is 4. The number of amides is 1. The normalized spacial score (nSPS) is 15.0. The Hall–Kier alpha value is -2.05. The van der Waals surface area contributed by atoms with E-state index in [1.165, 1.54) is 6.33 Å². The highest BCUT2D eigenvalue weighted by Crippen LogP contribution is 2.30. The highest BCUT2D eigenvalue weighted by Gasteiger charge is 2.17. The molecule has 1 aromatic heterocycles. The Morgan fingerprint density at radius 1 is 0.897 bits per heavy atom. The van der Waals surface area contributed by atoms with Gasteiger partial charge in [-0.1, -0.05) is 15.9 Å². The summed E-state index contributed by atoms with van der Waals surface area (Å²) in [6.45, 7) is 7.84. The summed E-state index contributed by atoms with van der Waals surface area (Å²) in [7, 11) is 0. The fourth-order valence-corrected chi connectivity index (χ4v) is 4.46. The third kappa shape index (κ3) is 13.2. The van der Waals surface area contributed by atoms with E-state index in [4.69, 9.17) is 9.47 Å². The third-order valence-electron chi connectivity index (χ3n) is 6.22. The summed E-state index contributed by atoms with van der Waals surface area (Å²) >= 11 is 3.48. The Bertz CT molecular complexity index is 1030. The lowest BCUT2D eigenvalue weighted by molar-refractivity contribution is 0.0510. The fourth-order valence-electron chi connectivity index (χ4n) is 4.03. The molecule has 11 heteroatoms. The number of nitrogens with one attached hydrogen (secondary N) is 1. The molecule has 4 atom stereocenters. The molecular weight excluding hydrogens is 570 g/mol. The van der Waals surface area contributed by atoms with Crippen LogP contribution in [0.2, 0.25) is 0 Å². The summed E-state index contributed by atoms with van der Waals surface area (Å²) in [5.74, 6) is 0.621. The maximum absolute atomic E-state index is 11.6. The first-order valence-electron chi connectivity index (χ1n) is 13.6. The van der Waals surface area contributed by atoms with Gasteiger partial charge in [-0.05, 0) is 84.8 Å². The Morgan fingerprint density at radius 2 is 1.44 bits per heavy atom. The summed E-state index contributed by atoms with van der Waals surface area (Å²) < 4.78 is 11.9. The van der Waals surface area contributed by atoms with Crippen LogP contribution in [0.5, 0.6) is 5.75 Å². The number of carbonyl (C=O) groups excluding carboxylic acids is 1. The zero-order valence-electron chi connectivity index (χ0n) is 23.4. The van der Waals surface area contributed by atoms with Gasteiger partial charge < -0.3 is 35.2 Å². The van der Waals surface area contributed by atoms with Gasteiger partial charge in [0.1, 0.15) is 23.2 Å². The van der Waals surface area contributed by atoms with E-state index >= 15 is 0 Å². The van der Waals surface area contributed by atoms with Crippen molar-refractivity contribution in [2.75, 3.05) is 13.2 Å². The number of benzene rings is 1. The van der Waals surface area contributed by atoms with Crippen molar-refractivity contribution < 1.29 is 34.7 Å². The monoisotopic (exact) mass is 613 g/mol. The van der Waals surface area contributed by atoms with Crippen molar-refractivity contribution in [3.05, 3.63) is 28.6 Å². The van der Waals surface area contributed by atoms with Gasteiger partial charge in [0, 0.05) is 28.5 Å². The predicted octanol–water partition coefficient (Wildman–Crippen LogP) is 4.17. The van der Waals surface area contributed by atoms with E-state index in [2.05, 4.69) is 31.2 Å². The molecule has 4 unspecified atom stereocenters. The van der Waals surface area contributed by atoms with Crippen LogP contribution in [-0.4, -0.2) is 79.7 Å². The number of aryl methyl sites for hydroxylation is 1. The second-order valence-corrected chi connectivity index (χ2v) is 11.9. The number of hydrogen-bond acceptors (Lipinski definition) is 9. The fraction of sp³-hybridized carbons (Fsp3) is 0.679. The van der Waals surface area contributed by atoms with Gasteiger partial charge in [0.25, 0.3) is 0 Å². The van der Waals surface area contributed by atoms with Crippen molar-refractivity contribution in [2.45, 2.75) is 109 Å². The first-order chi connectivity index (χ1) is 18.3. The quantitative estimate of drug-likeness (QED) is 0.187. The van der Waals surface area contributed by atoms with Crippen molar-refractivity contribution in [2.24, 2.45) is 0 Å². The van der Waals surface area contributed by atoms with Gasteiger partial charge in [0.05, 0.1) is 31.0 Å². The molecule has 0 aliphatic carbocycles. The first kappa shape index (κ1) is 33.2. The molecule has 39 heavy (non-hydrogen) atoms. The highest BCUT2D eigenvalue weighted by atomic mass is 79.9. The van der Waals surface area contributed by atoms with Gasteiger partial charge in [-0.15, -0.1) is 0 Å². The maximum atomic E-state index is 11.6. The van der Waals surface area contributed by atoms with E-state index in [-0.39, 0.29) is 6.54 Å². The summed E-state index contributed by atoms with van der Waals surface area (Å²) in [6.07, 6.45) is 1.64. The Balaban J connectivity index is 1.58. The molecular formula is C28H44BrN3O7. The first-order valence-corrected chi connectivity index (χ1v) is 14.4. The number of aromatic nitrogens is 2. The molecule has 0 radical (unpaired) electrons. The van der Waals surface area contributed by atoms with Crippen molar-refractivity contribution in [1.29, 1.82) is 0 Å². The molecule has 1 amide bonds. The van der Waals surface area contributed by atoms with E-state index in [1.54, 1.807) is 20.8 Å². The van der Waals surface area contributed by atoms with Gasteiger partial charge in [-0.3, -0.25) is 0 Å². The van der Waals surface area contributed by atoms with Crippen LogP contribution in [0.4, 0.5) is 4.79 Å². The van der Waals surface area contributed by atoms with Crippen LogP contribution in [0.25, 0.3) is 10.9 Å². The number of carbonyl (C=O) groups is 1. The smallest absolute Gasteiger partial charge is 0.407 e. The average Bonchev–Trinajstić information content (AvgIpc) is 2.84. The number of alkyl carbamates (subject to hydrolysis) is 1. The predicted molar refractivity (Wildman–Crippen MR) is 153 cm³/mol. The van der Waals surface area contributed by atoms with Gasteiger partial charge in [-0.25, -0.2) is 14.8 Å². The highest BCUT2D eigenvalue weighted by molar-refractivity contribution is 9.10. The number of hydrogen-bond donors (Lipinski definition) is 5. The lowest BCUT2D eigenvalue weighted by Gasteiger charge is -2.20. The minimum Gasteiger partial charge on any atom is -0.491 e. The number of ether oxygens (including phenoxy) is 2. The van der Waals surface area contributed by atoms with Crippen LogP contribution < -0.4 is 10.1 Å². The minimum atomic E-state index is -0.650. The number of aliphatic hydroxyl groups excluding tert-OH is 4. The molecule has 0 aliphatic rings. The number of fused-ring (bicyclic) bond motifs is 1. The zero-order valence-corrected chi connectivity index (χ0v) is 25.0. The van der Waals surface area contributed by atoms with Crippen molar-refractivity contribution >= 4 is 32.9 Å². The summed E-state index contributed by atoms with van der Waals surface area (Å²) in [5.41, 5.74) is 1.00. The molecule has 220 valence electrons. The van der Waals surface area contributed by atoms with E-state index in [1.807, 2.05) is 19.1 Å². The van der Waals surface area contributed by atoms with Crippen LogP contribution in [0.15, 0.2) is 22.9 Å². The molecule has 0 spiro atoms. The van der Waals surface area contributed by atoms with Crippen molar-refractivity contribution in [3.63, 3.8) is 0 Å². The number of halogens is 1. The van der Waals surface area contributed by atoms with E-state index in [0.717, 1.165) is 21.1 Å². The molecule has 0 saturated carbocycles. The topological polar surface area (TPSA) is 154 Å². The molecule has 1 heterocycles. The van der Waals surface area contributed by atoms with Crippen LogP contribution in [0.1, 0.15) is 77.8 Å². The average molecular weight is 615 g/mol. The van der Waals surface area contributed by atoms with Gasteiger partial charge >= 0.3 is 6.09 Å². The number of rotatable bonds is 16. The van der Waals surface area contributed by atoms with Crippen LogP contribution in [0.3, 0.4) is 0 Å². The summed E-state index contributed by atoms with van der Waals surface area (Å²) in [4.78, 5) is 20.2. The summed E-state index contributed by atoms with van der Waals surface area (Å²) in [5, 5.41) is 44.4. The minimum absolute atomic E-state index is 0.284. The molecule has 0 bridgehead atoms. The van der Waals surface area contributed by atoms with E-state index < -0.39 is 36.1 Å². The Morgan fingerprint density at radius 3 is 2.00 bits per heavy atom. The van der Waals surface area contributed by atoms with Crippen molar-refractivity contribution in [3.8, 4) is 5.75 Å². The molecule has 0 fully saturated rings. The van der Waals surface area contributed by atoms with Crippen LogP contribution >= 0.6 is 15.9 Å². The van der Waals surface area contributed by atoms with Gasteiger partial charge in [0.2, 0.25) is 0 Å². The van der Waals surface area contributed by atoms with Crippen LogP contribution in [-0.2, 0) is 4.74 Å². The zero-order chi connectivity index (χ0) is 29.0. The second-order valence-electron chi connectivity index (χ2n) is 11.0. The lowest BCUT2D eigenvalue weighted by atomic mass is 9.99. The standard InChI is InChI=1S/C28H44BrN3O7/c1-18-24-15-19(29)16-25(26(24)32-17-31-18)38-14-12-23(36)10-8-21(34)6-5-20(33)7-9-22(35)11-13-30-27(37)39-28(2,3)4/h15-17,20-23,33-36H,5-14H2,1-4H3,(H,30,37). The lowest BCUT2D eigenvalue weighted by Crippen LogP contribution is -2.34.